The Balaban J connectivity index is 1.05. The predicted molar refractivity (Wildman–Crippen MR) is 240 cm³/mol. The van der Waals surface area contributed by atoms with E-state index in [0.717, 1.165) is 40.7 Å². The zero-order valence-corrected chi connectivity index (χ0v) is 32.4. The zero-order valence-electron chi connectivity index (χ0n) is 32.4. The summed E-state index contributed by atoms with van der Waals surface area (Å²) in [6.45, 7) is 6.04. The van der Waals surface area contributed by atoms with Gasteiger partial charge in [0, 0.05) is 22.1 Å². The number of aromatic nitrogens is 3. The topological polar surface area (TPSA) is 38.7 Å². The van der Waals surface area contributed by atoms with E-state index in [-0.39, 0.29) is 5.41 Å². The van der Waals surface area contributed by atoms with Gasteiger partial charge in [-0.05, 0) is 87.2 Å². The van der Waals surface area contributed by atoms with Gasteiger partial charge in [-0.15, -0.1) is 0 Å². The number of fused-ring (bicyclic) bond motifs is 1. The van der Waals surface area contributed by atoms with Crippen molar-refractivity contribution in [2.45, 2.75) is 44.4 Å². The molecule has 0 bridgehead atoms. The Morgan fingerprint density at radius 2 is 1.04 bits per heavy atom. The average molecular weight is 736 g/mol. The molecule has 0 amide bonds. The molecule has 9 rings (SSSR count). The second-order valence-corrected chi connectivity index (χ2v) is 15.1. The summed E-state index contributed by atoms with van der Waals surface area (Å²) in [6.07, 6.45) is 12.0. The second kappa shape index (κ2) is 15.8. The predicted octanol–water partition coefficient (Wildman–Crippen LogP) is 14.3. The van der Waals surface area contributed by atoms with Crippen molar-refractivity contribution in [3.05, 3.63) is 199 Å². The Morgan fingerprint density at radius 1 is 0.474 bits per heavy atom. The van der Waals surface area contributed by atoms with Gasteiger partial charge in [0.25, 0.3) is 0 Å². The summed E-state index contributed by atoms with van der Waals surface area (Å²) in [4.78, 5) is 15.1. The van der Waals surface area contributed by atoms with Crippen LogP contribution in [-0.4, -0.2) is 15.0 Å². The monoisotopic (exact) mass is 735 g/mol. The van der Waals surface area contributed by atoms with Crippen molar-refractivity contribution >= 4 is 22.9 Å². The summed E-state index contributed by atoms with van der Waals surface area (Å²) in [5.74, 6) is 1.97. The maximum atomic E-state index is 5.08. The van der Waals surface area contributed by atoms with Crippen LogP contribution in [0, 0.1) is 0 Å². The van der Waals surface area contributed by atoms with Crippen LogP contribution in [0.3, 0.4) is 0 Å². The number of rotatable bonds is 9. The Bertz CT molecular complexity index is 2710. The minimum absolute atomic E-state index is 0.0460. The van der Waals surface area contributed by atoms with Gasteiger partial charge in [0.05, 0.1) is 0 Å². The maximum absolute atomic E-state index is 5.08. The molecule has 1 aliphatic carbocycles. The van der Waals surface area contributed by atoms with Gasteiger partial charge in [-0.3, -0.25) is 0 Å². The summed E-state index contributed by atoms with van der Waals surface area (Å²) in [7, 11) is 0. The van der Waals surface area contributed by atoms with Crippen molar-refractivity contribution in [1.29, 1.82) is 0 Å². The van der Waals surface area contributed by atoms with Crippen molar-refractivity contribution in [2.75, 3.05) is 0 Å². The van der Waals surface area contributed by atoms with E-state index in [0.29, 0.717) is 17.5 Å². The van der Waals surface area contributed by atoms with E-state index in [9.17, 15) is 0 Å². The number of nitrogens with zero attached hydrogens (tertiary/aromatic N) is 3. The number of hydrogen-bond donors (Lipinski definition) is 0. The minimum atomic E-state index is -0.0460. The molecule has 0 N–H and O–H groups in total. The van der Waals surface area contributed by atoms with Gasteiger partial charge in [0.2, 0.25) is 0 Å². The number of hydrogen-bond acceptors (Lipinski definition) is 3. The molecule has 1 fully saturated rings. The van der Waals surface area contributed by atoms with Crippen LogP contribution in [0.25, 0.3) is 79.3 Å². The summed E-state index contributed by atoms with van der Waals surface area (Å²) in [6, 6.07) is 59.1. The van der Waals surface area contributed by atoms with E-state index in [1.54, 1.807) is 0 Å². The van der Waals surface area contributed by atoms with E-state index >= 15 is 0 Å². The Hall–Kier alpha value is -6.71. The molecule has 0 unspecified atom stereocenters. The fraction of sp³-hybridized carbons (Fsp3) is 0.130. The van der Waals surface area contributed by atoms with Crippen LogP contribution >= 0.6 is 0 Å². The zero-order chi connectivity index (χ0) is 38.6. The third-order valence-corrected chi connectivity index (χ3v) is 11.7. The maximum Gasteiger partial charge on any atom is 0.164 e. The first-order valence-electron chi connectivity index (χ1n) is 20.1. The fourth-order valence-electron chi connectivity index (χ4n) is 8.74. The molecule has 1 aromatic heterocycles. The van der Waals surface area contributed by atoms with Crippen molar-refractivity contribution in [2.24, 2.45) is 0 Å². The molecule has 0 aliphatic heterocycles. The van der Waals surface area contributed by atoms with Gasteiger partial charge in [-0.1, -0.05) is 196 Å². The van der Waals surface area contributed by atoms with Crippen LogP contribution in [0.2, 0.25) is 0 Å². The summed E-state index contributed by atoms with van der Waals surface area (Å²) >= 11 is 0. The molecule has 7 aromatic carbocycles. The molecule has 57 heavy (non-hydrogen) atoms. The van der Waals surface area contributed by atoms with Crippen LogP contribution in [-0.2, 0) is 5.41 Å². The lowest BCUT2D eigenvalue weighted by atomic mass is 9.65. The van der Waals surface area contributed by atoms with E-state index < -0.39 is 0 Å². The molecule has 1 heterocycles. The highest BCUT2D eigenvalue weighted by molar-refractivity contribution is 5.97. The van der Waals surface area contributed by atoms with E-state index in [1.165, 1.54) is 63.4 Å². The molecule has 8 aromatic rings. The molecule has 0 atom stereocenters. The van der Waals surface area contributed by atoms with Gasteiger partial charge >= 0.3 is 0 Å². The molecule has 0 radical (unpaired) electrons. The van der Waals surface area contributed by atoms with Gasteiger partial charge < -0.3 is 0 Å². The molecule has 1 saturated carbocycles. The summed E-state index contributed by atoms with van der Waals surface area (Å²) in [5, 5.41) is 2.54. The van der Waals surface area contributed by atoms with Gasteiger partial charge in [-0.2, -0.15) is 0 Å². The smallest absolute Gasteiger partial charge is 0.164 e. The molecular weight excluding hydrogens is 691 g/mol. The largest absolute Gasteiger partial charge is 0.208 e. The number of benzene rings is 7. The minimum Gasteiger partial charge on any atom is -0.208 e. The lowest BCUT2D eigenvalue weighted by Crippen LogP contribution is -2.30. The first kappa shape index (κ1) is 36.0. The standard InChI is InChI=1S/C54H45N3/c1-3-15-43-37-46(25-24-38(43)4-2)53-56-51(41-17-7-5-8-18-41)55-52(57-53)42-28-32-48(33-29-42)54(34-11-6-12-35-54)47-30-26-39(27-31-47)44-20-13-21-45(36-44)50-23-14-19-40-16-9-10-22-49(40)50/h3-5,7-10,13-33,36-37H,2,6,11-12,34-35H2,1H3/b15-3-. The highest BCUT2D eigenvalue weighted by Crippen LogP contribution is 2.46. The van der Waals surface area contributed by atoms with Crippen LogP contribution in [0.1, 0.15) is 61.3 Å². The summed E-state index contributed by atoms with van der Waals surface area (Å²) in [5.41, 5.74) is 12.7. The molecule has 1 aliphatic rings. The molecule has 3 heteroatoms. The van der Waals surface area contributed by atoms with E-state index in [2.05, 4.69) is 158 Å². The third-order valence-electron chi connectivity index (χ3n) is 11.7. The van der Waals surface area contributed by atoms with Crippen LogP contribution in [0.4, 0.5) is 0 Å². The molecule has 0 spiro atoms. The van der Waals surface area contributed by atoms with Crippen molar-refractivity contribution in [1.82, 2.24) is 15.0 Å². The quantitative estimate of drug-likeness (QED) is 0.148. The molecule has 3 nitrogen and oxygen atoms in total. The normalized spacial score (nSPS) is 13.8. The van der Waals surface area contributed by atoms with Gasteiger partial charge in [-0.25, -0.2) is 15.0 Å². The van der Waals surface area contributed by atoms with E-state index in [1.807, 2.05) is 37.3 Å². The van der Waals surface area contributed by atoms with Crippen LogP contribution < -0.4 is 0 Å². The molecule has 276 valence electrons. The highest BCUT2D eigenvalue weighted by Gasteiger charge is 2.35. The van der Waals surface area contributed by atoms with Gasteiger partial charge in [0.1, 0.15) is 0 Å². The molecule has 0 saturated heterocycles. The Labute approximate surface area is 336 Å². The second-order valence-electron chi connectivity index (χ2n) is 15.1. The van der Waals surface area contributed by atoms with Gasteiger partial charge in [0.15, 0.2) is 17.5 Å². The SMILES string of the molecule is C=Cc1ccc(-c2nc(-c3ccccc3)nc(-c3ccc(C4(c5ccc(-c6cccc(-c7cccc8ccccc78)c6)cc5)CCCCC4)cc3)n2)cc1/C=C\C. The first-order chi connectivity index (χ1) is 28.1. The third kappa shape index (κ3) is 7.14. The van der Waals surface area contributed by atoms with Crippen LogP contribution in [0.5, 0.6) is 0 Å². The lowest BCUT2D eigenvalue weighted by Gasteiger charge is -2.39. The lowest BCUT2D eigenvalue weighted by molar-refractivity contribution is 0.346. The Morgan fingerprint density at radius 3 is 1.74 bits per heavy atom. The van der Waals surface area contributed by atoms with E-state index in [4.69, 9.17) is 15.0 Å². The average Bonchev–Trinajstić information content (AvgIpc) is 3.29. The summed E-state index contributed by atoms with van der Waals surface area (Å²) < 4.78 is 0. The first-order valence-corrected chi connectivity index (χ1v) is 20.1. The van der Waals surface area contributed by atoms with Crippen molar-refractivity contribution in [3.8, 4) is 56.4 Å². The Kier molecular flexibility index (Phi) is 9.97. The molecular formula is C54H45N3. The van der Waals surface area contributed by atoms with Crippen molar-refractivity contribution < 1.29 is 0 Å². The highest BCUT2D eigenvalue weighted by atomic mass is 15.0. The number of allylic oxidation sites excluding steroid dienone is 1. The van der Waals surface area contributed by atoms with Crippen LogP contribution in [0.15, 0.2) is 176 Å². The van der Waals surface area contributed by atoms with Crippen molar-refractivity contribution in [3.63, 3.8) is 0 Å². The fourth-order valence-corrected chi connectivity index (χ4v) is 8.74.